The molecule has 0 bridgehead atoms. The largest absolute Gasteiger partial charge is 0.462 e. The molecule has 1 heterocycles. The van der Waals surface area contributed by atoms with Crippen LogP contribution in [0.15, 0.2) is 60.7 Å². The average Bonchev–Trinajstić information content (AvgIpc) is 3.00. The fourth-order valence-corrected chi connectivity index (χ4v) is 2.63. The highest BCUT2D eigenvalue weighted by molar-refractivity contribution is 6.09. The van der Waals surface area contributed by atoms with Gasteiger partial charge in [-0.3, -0.25) is 9.48 Å². The van der Waals surface area contributed by atoms with Crippen molar-refractivity contribution in [2.45, 2.75) is 6.92 Å². The topological polar surface area (TPSA) is 73.2 Å². The summed E-state index contributed by atoms with van der Waals surface area (Å²) in [5.74, 6) is -0.544. The lowest BCUT2D eigenvalue weighted by atomic mass is 10.1. The molecule has 0 spiro atoms. The van der Waals surface area contributed by atoms with Crippen molar-refractivity contribution in [3.8, 4) is 11.3 Å². The van der Waals surface area contributed by atoms with Gasteiger partial charge in [-0.1, -0.05) is 48.5 Å². The number of nitrogens with one attached hydrogen (secondary N) is 1. The maximum atomic E-state index is 12.6. The van der Waals surface area contributed by atoms with Gasteiger partial charge in [-0.15, -0.1) is 0 Å². The highest BCUT2D eigenvalue weighted by Crippen LogP contribution is 2.29. The summed E-state index contributed by atoms with van der Waals surface area (Å²) in [6.45, 7) is 1.96. The number of ether oxygens (including phenoxy) is 1. The minimum absolute atomic E-state index is 0.230. The molecule has 1 aromatic heterocycles. The molecule has 0 atom stereocenters. The summed E-state index contributed by atoms with van der Waals surface area (Å²) >= 11 is 0. The Morgan fingerprint density at radius 3 is 2.27 bits per heavy atom. The number of amides is 1. The van der Waals surface area contributed by atoms with E-state index in [0.717, 1.165) is 5.56 Å². The van der Waals surface area contributed by atoms with Gasteiger partial charge in [0.2, 0.25) is 0 Å². The molecule has 6 nitrogen and oxygen atoms in total. The molecule has 0 saturated carbocycles. The van der Waals surface area contributed by atoms with Crippen LogP contribution in [-0.2, 0) is 11.8 Å². The Bertz CT molecular complexity index is 918. The van der Waals surface area contributed by atoms with Gasteiger partial charge >= 0.3 is 5.97 Å². The van der Waals surface area contributed by atoms with Gasteiger partial charge in [0.1, 0.15) is 17.1 Å². The summed E-state index contributed by atoms with van der Waals surface area (Å²) in [7, 11) is 1.68. The Morgan fingerprint density at radius 1 is 1.04 bits per heavy atom. The molecule has 132 valence electrons. The second kappa shape index (κ2) is 7.65. The van der Waals surface area contributed by atoms with Gasteiger partial charge in [-0.25, -0.2) is 4.79 Å². The number of aromatic nitrogens is 2. The lowest BCUT2D eigenvalue weighted by Gasteiger charge is -2.09. The van der Waals surface area contributed by atoms with Crippen LogP contribution in [0, 0.1) is 0 Å². The van der Waals surface area contributed by atoms with Crippen molar-refractivity contribution in [2.24, 2.45) is 7.05 Å². The number of nitrogens with zero attached hydrogens (tertiary/aromatic N) is 2. The highest BCUT2D eigenvalue weighted by Gasteiger charge is 2.26. The van der Waals surface area contributed by atoms with E-state index in [1.807, 2.05) is 36.4 Å². The molecule has 3 aromatic rings. The van der Waals surface area contributed by atoms with Gasteiger partial charge in [0, 0.05) is 18.2 Å². The van der Waals surface area contributed by atoms with Gasteiger partial charge in [0.15, 0.2) is 0 Å². The first-order chi connectivity index (χ1) is 12.6. The number of carbonyl (C=O) groups excluding carboxylic acids is 2. The quantitative estimate of drug-likeness (QED) is 0.715. The average molecular weight is 349 g/mol. The predicted molar refractivity (Wildman–Crippen MR) is 99.0 cm³/mol. The van der Waals surface area contributed by atoms with Crippen molar-refractivity contribution in [3.63, 3.8) is 0 Å². The minimum atomic E-state index is -0.525. The second-order valence-corrected chi connectivity index (χ2v) is 5.60. The molecule has 0 radical (unpaired) electrons. The normalized spacial score (nSPS) is 10.4. The van der Waals surface area contributed by atoms with Crippen LogP contribution in [0.2, 0.25) is 0 Å². The third-order valence-corrected chi connectivity index (χ3v) is 3.84. The van der Waals surface area contributed by atoms with Crippen molar-refractivity contribution in [3.05, 3.63) is 71.8 Å². The number of carbonyl (C=O) groups is 2. The van der Waals surface area contributed by atoms with E-state index in [1.54, 1.807) is 38.2 Å². The van der Waals surface area contributed by atoms with Crippen molar-refractivity contribution in [1.29, 1.82) is 0 Å². The zero-order valence-electron chi connectivity index (χ0n) is 14.6. The molecule has 0 aliphatic rings. The van der Waals surface area contributed by atoms with Crippen LogP contribution in [-0.4, -0.2) is 28.3 Å². The van der Waals surface area contributed by atoms with Gasteiger partial charge in [-0.05, 0) is 19.1 Å². The van der Waals surface area contributed by atoms with Crippen LogP contribution in [0.25, 0.3) is 11.3 Å². The molecule has 6 heteroatoms. The molecule has 1 amide bonds. The van der Waals surface area contributed by atoms with Crippen LogP contribution in [0.3, 0.4) is 0 Å². The summed E-state index contributed by atoms with van der Waals surface area (Å²) < 4.78 is 6.67. The Morgan fingerprint density at radius 2 is 1.65 bits per heavy atom. The van der Waals surface area contributed by atoms with Crippen molar-refractivity contribution in [1.82, 2.24) is 9.78 Å². The van der Waals surface area contributed by atoms with E-state index in [4.69, 9.17) is 4.74 Å². The molecule has 26 heavy (non-hydrogen) atoms. The fraction of sp³-hybridized carbons (Fsp3) is 0.150. The molecular formula is C20H19N3O3. The molecule has 1 N–H and O–H groups in total. The zero-order chi connectivity index (χ0) is 18.5. The van der Waals surface area contributed by atoms with E-state index in [0.29, 0.717) is 17.1 Å². The van der Waals surface area contributed by atoms with Gasteiger partial charge in [-0.2, -0.15) is 5.10 Å². The lowest BCUT2D eigenvalue weighted by Crippen LogP contribution is -2.17. The first-order valence-electron chi connectivity index (χ1n) is 8.27. The van der Waals surface area contributed by atoms with E-state index in [2.05, 4.69) is 10.4 Å². The Balaban J connectivity index is 2.05. The molecule has 0 aliphatic heterocycles. The number of esters is 1. The smallest absolute Gasteiger partial charge is 0.344 e. The fourth-order valence-electron chi connectivity index (χ4n) is 2.63. The molecule has 0 aliphatic carbocycles. The Hall–Kier alpha value is -3.41. The van der Waals surface area contributed by atoms with Crippen molar-refractivity contribution >= 4 is 17.7 Å². The summed E-state index contributed by atoms with van der Waals surface area (Å²) in [6, 6.07) is 18.1. The summed E-state index contributed by atoms with van der Waals surface area (Å²) in [5.41, 5.74) is 1.97. The van der Waals surface area contributed by atoms with Crippen molar-refractivity contribution in [2.75, 3.05) is 11.9 Å². The number of aryl methyl sites for hydroxylation is 1. The van der Waals surface area contributed by atoms with E-state index in [9.17, 15) is 9.59 Å². The SMILES string of the molecule is CCOC(=O)c1c(-c2ccccc2)nn(C)c1NC(=O)c1ccccc1. The molecule has 3 rings (SSSR count). The molecular weight excluding hydrogens is 330 g/mol. The first kappa shape index (κ1) is 17.4. The molecule has 2 aromatic carbocycles. The zero-order valence-corrected chi connectivity index (χ0v) is 14.6. The Labute approximate surface area is 151 Å². The number of hydrogen-bond donors (Lipinski definition) is 1. The second-order valence-electron chi connectivity index (χ2n) is 5.60. The van der Waals surface area contributed by atoms with E-state index in [-0.39, 0.29) is 18.1 Å². The third-order valence-electron chi connectivity index (χ3n) is 3.84. The maximum absolute atomic E-state index is 12.6. The number of anilines is 1. The van der Waals surface area contributed by atoms with E-state index in [1.165, 1.54) is 4.68 Å². The van der Waals surface area contributed by atoms with Crippen LogP contribution in [0.1, 0.15) is 27.6 Å². The summed E-state index contributed by atoms with van der Waals surface area (Å²) in [4.78, 5) is 25.1. The van der Waals surface area contributed by atoms with Crippen LogP contribution in [0.4, 0.5) is 5.82 Å². The Kier molecular flexibility index (Phi) is 5.12. The van der Waals surface area contributed by atoms with Crippen LogP contribution >= 0.6 is 0 Å². The lowest BCUT2D eigenvalue weighted by molar-refractivity contribution is 0.0528. The maximum Gasteiger partial charge on any atom is 0.344 e. The standard InChI is InChI=1S/C20H19N3O3/c1-3-26-20(25)16-17(14-10-6-4-7-11-14)22-23(2)18(16)21-19(24)15-12-8-5-9-13-15/h4-13H,3H2,1-2H3,(H,21,24). The van der Waals surface area contributed by atoms with Gasteiger partial charge < -0.3 is 10.1 Å². The minimum Gasteiger partial charge on any atom is -0.462 e. The first-order valence-corrected chi connectivity index (χ1v) is 8.27. The van der Waals surface area contributed by atoms with Gasteiger partial charge in [0.25, 0.3) is 5.91 Å². The molecule has 0 unspecified atom stereocenters. The van der Waals surface area contributed by atoms with E-state index < -0.39 is 5.97 Å². The van der Waals surface area contributed by atoms with E-state index >= 15 is 0 Å². The monoisotopic (exact) mass is 349 g/mol. The van der Waals surface area contributed by atoms with Crippen molar-refractivity contribution < 1.29 is 14.3 Å². The summed E-state index contributed by atoms with van der Waals surface area (Å²) in [6.07, 6.45) is 0. The summed E-state index contributed by atoms with van der Waals surface area (Å²) in [5, 5.41) is 7.22. The predicted octanol–water partition coefficient (Wildman–Crippen LogP) is 3.52. The third kappa shape index (κ3) is 3.49. The number of benzene rings is 2. The van der Waals surface area contributed by atoms with Crippen LogP contribution in [0.5, 0.6) is 0 Å². The number of hydrogen-bond acceptors (Lipinski definition) is 4. The van der Waals surface area contributed by atoms with Crippen LogP contribution < -0.4 is 5.32 Å². The van der Waals surface area contributed by atoms with Gasteiger partial charge in [0.05, 0.1) is 6.61 Å². The highest BCUT2D eigenvalue weighted by atomic mass is 16.5. The number of rotatable bonds is 5. The molecule has 0 saturated heterocycles. The molecule has 0 fully saturated rings.